The maximum Gasteiger partial charge on any atom is 0.245 e. The Bertz CT molecular complexity index is 1110. The Balaban J connectivity index is 1.72. The van der Waals surface area contributed by atoms with E-state index in [9.17, 15) is 8.42 Å². The average Bonchev–Trinajstić information content (AvgIpc) is 3.47. The Hall–Kier alpha value is -2.94. The first-order valence-electron chi connectivity index (χ1n) is 8.65. The summed E-state index contributed by atoms with van der Waals surface area (Å²) in [4.78, 5) is 12.9. The number of hydrogen-bond acceptors (Lipinski definition) is 7. The van der Waals surface area contributed by atoms with Gasteiger partial charge in [-0.05, 0) is 44.0 Å². The first-order chi connectivity index (χ1) is 13.0. The van der Waals surface area contributed by atoms with Gasteiger partial charge in [-0.15, -0.1) is 0 Å². The first-order valence-corrected chi connectivity index (χ1v) is 10.2. The predicted octanol–water partition coefficient (Wildman–Crippen LogP) is 2.58. The van der Waals surface area contributed by atoms with Gasteiger partial charge in [0, 0.05) is 11.3 Å². The lowest BCUT2D eigenvalue weighted by Crippen LogP contribution is -2.17. The number of ether oxygens (including phenoxy) is 1. The van der Waals surface area contributed by atoms with Crippen LogP contribution in [0.2, 0.25) is 0 Å². The van der Waals surface area contributed by atoms with E-state index in [1.54, 1.807) is 30.3 Å². The fraction of sp³-hybridized carbons (Fsp3) is 0.278. The van der Waals surface area contributed by atoms with Crippen LogP contribution < -0.4 is 15.2 Å². The summed E-state index contributed by atoms with van der Waals surface area (Å²) >= 11 is 0. The summed E-state index contributed by atoms with van der Waals surface area (Å²) < 4.78 is 32.5. The van der Waals surface area contributed by atoms with Crippen molar-refractivity contribution in [2.75, 3.05) is 17.1 Å². The molecule has 0 bridgehead atoms. The number of hydrogen-bond donors (Lipinski definition) is 2. The van der Waals surface area contributed by atoms with E-state index in [2.05, 4.69) is 19.7 Å². The van der Waals surface area contributed by atoms with E-state index in [1.807, 2.05) is 13.0 Å². The van der Waals surface area contributed by atoms with Gasteiger partial charge in [-0.1, -0.05) is 12.1 Å². The molecule has 0 amide bonds. The molecule has 27 heavy (non-hydrogen) atoms. The molecule has 0 aliphatic heterocycles. The van der Waals surface area contributed by atoms with Crippen molar-refractivity contribution in [1.29, 1.82) is 0 Å². The van der Waals surface area contributed by atoms with Crippen LogP contribution in [0.4, 0.5) is 11.6 Å². The molecule has 2 aromatic heterocycles. The summed E-state index contributed by atoms with van der Waals surface area (Å²) in [6.07, 6.45) is 1.43. The predicted molar refractivity (Wildman–Crippen MR) is 104 cm³/mol. The summed E-state index contributed by atoms with van der Waals surface area (Å²) in [5.74, 6) is 0.449. The van der Waals surface area contributed by atoms with Gasteiger partial charge in [-0.25, -0.2) is 18.4 Å². The lowest BCUT2D eigenvalue weighted by atomic mass is 10.1. The zero-order chi connectivity index (χ0) is 19.0. The molecular formula is C18H19N5O3S. The molecule has 1 saturated carbocycles. The largest absolute Gasteiger partial charge is 0.476 e. The van der Waals surface area contributed by atoms with Crippen LogP contribution in [0, 0.1) is 0 Å². The van der Waals surface area contributed by atoms with Crippen molar-refractivity contribution in [3.05, 3.63) is 36.4 Å². The first kappa shape index (κ1) is 17.5. The van der Waals surface area contributed by atoms with Gasteiger partial charge in [0.1, 0.15) is 0 Å². The Morgan fingerprint density at radius 3 is 2.74 bits per heavy atom. The van der Waals surface area contributed by atoms with Gasteiger partial charge in [0.2, 0.25) is 21.9 Å². The molecule has 0 unspecified atom stereocenters. The summed E-state index contributed by atoms with van der Waals surface area (Å²) in [7, 11) is -3.32. The third-order valence-electron chi connectivity index (χ3n) is 4.19. The number of nitrogens with one attached hydrogen (secondary N) is 1. The number of nitrogens with two attached hydrogens (primary N) is 1. The molecule has 3 N–H and O–H groups in total. The quantitative estimate of drug-likeness (QED) is 0.669. The van der Waals surface area contributed by atoms with Gasteiger partial charge >= 0.3 is 0 Å². The molecule has 0 radical (unpaired) electrons. The SMILES string of the molecule is CCOc1nc(N)nc2ccc(-c3cccc(NS(=O)(=O)C4CC4)c3)nc12. The topological polar surface area (TPSA) is 120 Å². The minimum atomic E-state index is -3.32. The van der Waals surface area contributed by atoms with Crippen LogP contribution in [0.15, 0.2) is 36.4 Å². The monoisotopic (exact) mass is 385 g/mol. The van der Waals surface area contributed by atoms with Crippen LogP contribution in [-0.4, -0.2) is 35.2 Å². The van der Waals surface area contributed by atoms with Crippen molar-refractivity contribution >= 4 is 32.7 Å². The third kappa shape index (κ3) is 3.63. The van der Waals surface area contributed by atoms with Crippen molar-refractivity contribution in [3.8, 4) is 17.1 Å². The van der Waals surface area contributed by atoms with Crippen LogP contribution in [-0.2, 0) is 10.0 Å². The highest BCUT2D eigenvalue weighted by atomic mass is 32.2. The van der Waals surface area contributed by atoms with Gasteiger partial charge in [-0.2, -0.15) is 4.98 Å². The minimum absolute atomic E-state index is 0.122. The maximum atomic E-state index is 12.2. The van der Waals surface area contributed by atoms with E-state index >= 15 is 0 Å². The molecule has 1 aliphatic rings. The third-order valence-corrected chi connectivity index (χ3v) is 6.06. The Morgan fingerprint density at radius 2 is 2.00 bits per heavy atom. The van der Waals surface area contributed by atoms with Gasteiger partial charge in [0.15, 0.2) is 5.52 Å². The van der Waals surface area contributed by atoms with Gasteiger partial charge in [0.25, 0.3) is 0 Å². The number of nitrogens with zero attached hydrogens (tertiary/aromatic N) is 3. The van der Waals surface area contributed by atoms with E-state index in [1.165, 1.54) is 0 Å². The molecule has 140 valence electrons. The van der Waals surface area contributed by atoms with Crippen LogP contribution in [0.1, 0.15) is 19.8 Å². The Labute approximate surface area is 156 Å². The van der Waals surface area contributed by atoms with Crippen molar-refractivity contribution in [2.45, 2.75) is 25.0 Å². The van der Waals surface area contributed by atoms with Crippen molar-refractivity contribution < 1.29 is 13.2 Å². The molecule has 9 heteroatoms. The van der Waals surface area contributed by atoms with Gasteiger partial charge in [-0.3, -0.25) is 4.72 Å². The maximum absolute atomic E-state index is 12.2. The number of anilines is 2. The molecule has 3 aromatic rings. The van der Waals surface area contributed by atoms with Gasteiger partial charge < -0.3 is 10.5 Å². The number of fused-ring (bicyclic) bond motifs is 1. The molecule has 8 nitrogen and oxygen atoms in total. The fourth-order valence-corrected chi connectivity index (χ4v) is 4.15. The van der Waals surface area contributed by atoms with Crippen LogP contribution >= 0.6 is 0 Å². The van der Waals surface area contributed by atoms with Crippen molar-refractivity contribution in [1.82, 2.24) is 15.0 Å². The molecule has 4 rings (SSSR count). The normalized spacial score (nSPS) is 14.3. The van der Waals surface area contributed by atoms with E-state index in [0.717, 1.165) is 5.56 Å². The Kier molecular flexibility index (Phi) is 4.31. The van der Waals surface area contributed by atoms with E-state index < -0.39 is 10.0 Å². The second-order valence-electron chi connectivity index (χ2n) is 6.31. The highest BCUT2D eigenvalue weighted by Crippen LogP contribution is 2.31. The van der Waals surface area contributed by atoms with Crippen LogP contribution in [0.25, 0.3) is 22.3 Å². The average molecular weight is 385 g/mol. The summed E-state index contributed by atoms with van der Waals surface area (Å²) in [5, 5.41) is -0.281. The fourth-order valence-electron chi connectivity index (χ4n) is 2.77. The van der Waals surface area contributed by atoms with Crippen LogP contribution in [0.3, 0.4) is 0 Å². The van der Waals surface area contributed by atoms with Crippen LogP contribution in [0.5, 0.6) is 5.88 Å². The van der Waals surface area contributed by atoms with E-state index in [-0.39, 0.29) is 11.2 Å². The second kappa shape index (κ2) is 6.66. The second-order valence-corrected chi connectivity index (χ2v) is 8.27. The number of aromatic nitrogens is 3. The highest BCUT2D eigenvalue weighted by molar-refractivity contribution is 7.93. The number of nitrogen functional groups attached to an aromatic ring is 1. The molecule has 1 fully saturated rings. The lowest BCUT2D eigenvalue weighted by Gasteiger charge is -2.10. The summed E-state index contributed by atoms with van der Waals surface area (Å²) in [5.41, 5.74) is 8.75. The van der Waals surface area contributed by atoms with E-state index in [0.29, 0.717) is 47.7 Å². The number of benzene rings is 1. The molecule has 1 aromatic carbocycles. The zero-order valence-electron chi connectivity index (χ0n) is 14.7. The lowest BCUT2D eigenvalue weighted by molar-refractivity contribution is 0.330. The van der Waals surface area contributed by atoms with Gasteiger partial charge in [0.05, 0.1) is 23.1 Å². The smallest absolute Gasteiger partial charge is 0.245 e. The molecule has 0 spiro atoms. The van der Waals surface area contributed by atoms with Crippen molar-refractivity contribution in [2.24, 2.45) is 0 Å². The molecule has 2 heterocycles. The zero-order valence-corrected chi connectivity index (χ0v) is 15.5. The summed E-state index contributed by atoms with van der Waals surface area (Å²) in [6.45, 7) is 2.28. The molecule has 0 atom stereocenters. The molecule has 1 aliphatic carbocycles. The molecular weight excluding hydrogens is 366 g/mol. The van der Waals surface area contributed by atoms with Crippen molar-refractivity contribution in [3.63, 3.8) is 0 Å². The summed E-state index contributed by atoms with van der Waals surface area (Å²) in [6, 6.07) is 10.7. The highest BCUT2D eigenvalue weighted by Gasteiger charge is 2.35. The molecule has 0 saturated heterocycles. The number of pyridine rings is 1. The number of sulfonamides is 1. The standard InChI is InChI=1S/C18H19N5O3S/c1-2-26-17-16-15(21-18(19)22-17)9-8-14(20-16)11-4-3-5-12(10-11)23-27(24,25)13-6-7-13/h3-5,8-10,13,23H,2,6-7H2,1H3,(H2,19,21,22). The minimum Gasteiger partial charge on any atom is -0.476 e. The Morgan fingerprint density at radius 1 is 1.19 bits per heavy atom. The van der Waals surface area contributed by atoms with E-state index in [4.69, 9.17) is 10.5 Å². The number of rotatable bonds is 6.